The van der Waals surface area contributed by atoms with Crippen LogP contribution in [0.25, 0.3) is 11.3 Å². The Morgan fingerprint density at radius 3 is 2.41 bits per heavy atom. The number of alkyl halides is 8. The van der Waals surface area contributed by atoms with E-state index >= 15 is 0 Å². The van der Waals surface area contributed by atoms with Gasteiger partial charge in [-0.3, -0.25) is 4.68 Å². The topological polar surface area (TPSA) is 107 Å². The number of urea groups is 1. The zero-order valence-electron chi connectivity index (χ0n) is 18.9. The number of aryl methyl sites for hydroxylation is 2. The van der Waals surface area contributed by atoms with Crippen molar-refractivity contribution in [1.29, 1.82) is 0 Å². The number of nitrogens with one attached hydrogen (secondary N) is 2. The van der Waals surface area contributed by atoms with Gasteiger partial charge in [0.05, 0.1) is 35.4 Å². The van der Waals surface area contributed by atoms with Gasteiger partial charge in [-0.15, -0.1) is 5.10 Å². The first-order valence-electron chi connectivity index (χ1n) is 10.1. The molecule has 9 nitrogen and oxygen atoms in total. The molecule has 200 valence electrons. The van der Waals surface area contributed by atoms with Gasteiger partial charge in [-0.25, -0.2) is 18.6 Å². The van der Waals surface area contributed by atoms with Crippen LogP contribution in [-0.4, -0.2) is 44.0 Å². The molecule has 3 aromatic heterocycles. The summed E-state index contributed by atoms with van der Waals surface area (Å²) in [6, 6.07) is 0.846. The van der Waals surface area contributed by atoms with E-state index in [0.29, 0.717) is 11.6 Å². The Morgan fingerprint density at radius 2 is 1.81 bits per heavy atom. The number of hydrogen-bond donors (Lipinski definition) is 2. The number of aromatic nitrogens is 5. The molecule has 37 heavy (non-hydrogen) atoms. The molecular weight excluding hydrogens is 522 g/mol. The fraction of sp³-hybridized carbons (Fsp3) is 0.350. The largest absolute Gasteiger partial charge is 0.471 e. The Bertz CT molecular complexity index is 1270. The maximum absolute atomic E-state index is 13.2. The summed E-state index contributed by atoms with van der Waals surface area (Å²) >= 11 is 0. The van der Waals surface area contributed by atoms with E-state index in [0.717, 1.165) is 17.1 Å². The van der Waals surface area contributed by atoms with E-state index in [1.807, 2.05) is 0 Å². The molecule has 0 unspecified atom stereocenters. The minimum Gasteiger partial charge on any atom is -0.471 e. The molecule has 0 atom stereocenters. The Morgan fingerprint density at radius 1 is 1.11 bits per heavy atom. The average Bonchev–Trinajstić information content (AvgIpc) is 3.18. The van der Waals surface area contributed by atoms with Crippen LogP contribution in [0.4, 0.5) is 45.6 Å². The van der Waals surface area contributed by atoms with Gasteiger partial charge in [-0.1, -0.05) is 0 Å². The third-order valence-corrected chi connectivity index (χ3v) is 4.58. The molecule has 3 rings (SSSR count). The van der Waals surface area contributed by atoms with Gasteiger partial charge in [0.2, 0.25) is 5.88 Å². The lowest BCUT2D eigenvalue weighted by molar-refractivity contribution is -0.141. The highest BCUT2D eigenvalue weighted by atomic mass is 19.4. The number of rotatable bonds is 7. The van der Waals surface area contributed by atoms with E-state index in [9.17, 15) is 39.9 Å². The summed E-state index contributed by atoms with van der Waals surface area (Å²) in [6.07, 6.45) is -10.8. The molecule has 0 aliphatic rings. The summed E-state index contributed by atoms with van der Waals surface area (Å²) in [6.45, 7) is -0.113. The fourth-order valence-corrected chi connectivity index (χ4v) is 3.09. The number of nitrogens with zero attached hydrogens (tertiary/aromatic N) is 5. The molecule has 0 aliphatic carbocycles. The summed E-state index contributed by atoms with van der Waals surface area (Å²) < 4.78 is 109. The molecule has 0 aliphatic heterocycles. The Labute approximate surface area is 202 Å². The predicted octanol–water partition coefficient (Wildman–Crippen LogP) is 4.58. The van der Waals surface area contributed by atoms with Gasteiger partial charge in [0.25, 0.3) is 6.43 Å². The summed E-state index contributed by atoms with van der Waals surface area (Å²) in [5.41, 5.74) is -2.96. The van der Waals surface area contributed by atoms with Crippen LogP contribution >= 0.6 is 0 Å². The number of ether oxygens (including phenoxy) is 1. The lowest BCUT2D eigenvalue weighted by Gasteiger charge is -2.14. The molecule has 0 saturated heterocycles. The van der Waals surface area contributed by atoms with Crippen molar-refractivity contribution >= 4 is 11.7 Å². The molecular formula is C20H17F8N7O2. The van der Waals surface area contributed by atoms with Crippen LogP contribution < -0.4 is 15.4 Å². The van der Waals surface area contributed by atoms with Crippen LogP contribution in [0.5, 0.6) is 5.88 Å². The smallest absolute Gasteiger partial charge is 0.435 e. The van der Waals surface area contributed by atoms with E-state index in [1.165, 1.54) is 20.0 Å². The van der Waals surface area contributed by atoms with E-state index in [-0.39, 0.29) is 23.5 Å². The normalized spacial score (nSPS) is 12.1. The summed E-state index contributed by atoms with van der Waals surface area (Å²) in [5.74, 6) is -1.08. The second kappa shape index (κ2) is 10.5. The maximum Gasteiger partial charge on any atom is 0.435 e. The lowest BCUT2D eigenvalue weighted by atomic mass is 10.1. The number of carbonyl (C=O) groups excluding carboxylic acids is 1. The monoisotopic (exact) mass is 539 g/mol. The third kappa shape index (κ3) is 7.01. The van der Waals surface area contributed by atoms with E-state index in [4.69, 9.17) is 0 Å². The van der Waals surface area contributed by atoms with Crippen molar-refractivity contribution in [3.63, 3.8) is 0 Å². The number of amides is 2. The van der Waals surface area contributed by atoms with Crippen LogP contribution in [0.2, 0.25) is 0 Å². The number of pyridine rings is 1. The van der Waals surface area contributed by atoms with Crippen LogP contribution in [0.3, 0.4) is 0 Å². The van der Waals surface area contributed by atoms with Crippen molar-refractivity contribution in [2.75, 3.05) is 11.9 Å². The van der Waals surface area contributed by atoms with Crippen molar-refractivity contribution in [3.8, 4) is 17.1 Å². The van der Waals surface area contributed by atoms with Crippen molar-refractivity contribution in [1.82, 2.24) is 30.3 Å². The minimum atomic E-state index is -5.01. The number of hydrogen-bond acceptors (Lipinski definition) is 6. The highest BCUT2D eigenvalue weighted by Crippen LogP contribution is 2.37. The van der Waals surface area contributed by atoms with Crippen LogP contribution in [0.15, 0.2) is 24.5 Å². The van der Waals surface area contributed by atoms with Gasteiger partial charge in [0.15, 0.2) is 12.3 Å². The zero-order chi connectivity index (χ0) is 27.5. The van der Waals surface area contributed by atoms with Crippen molar-refractivity contribution in [2.45, 2.75) is 32.2 Å². The summed E-state index contributed by atoms with van der Waals surface area (Å²) in [7, 11) is 1.32. The first-order valence-corrected chi connectivity index (χ1v) is 10.1. The van der Waals surface area contributed by atoms with Gasteiger partial charge in [0.1, 0.15) is 5.56 Å². The van der Waals surface area contributed by atoms with Crippen molar-refractivity contribution in [2.24, 2.45) is 7.05 Å². The quantitative estimate of drug-likeness (QED) is 0.426. The molecule has 2 amide bonds. The molecule has 0 spiro atoms. The van der Waals surface area contributed by atoms with Gasteiger partial charge >= 0.3 is 18.4 Å². The molecule has 0 radical (unpaired) electrons. The molecule has 0 saturated carbocycles. The third-order valence-electron chi connectivity index (χ3n) is 4.58. The molecule has 17 heteroatoms. The van der Waals surface area contributed by atoms with Crippen molar-refractivity contribution < 1.29 is 44.7 Å². The van der Waals surface area contributed by atoms with Gasteiger partial charge in [-0.2, -0.15) is 36.5 Å². The number of halogens is 8. The molecule has 0 aromatic carbocycles. The fourth-order valence-electron chi connectivity index (χ4n) is 3.09. The second-order valence-electron chi connectivity index (χ2n) is 7.51. The van der Waals surface area contributed by atoms with E-state index in [1.54, 1.807) is 0 Å². The number of carbonyl (C=O) groups is 1. The molecule has 3 heterocycles. The second-order valence-corrected chi connectivity index (χ2v) is 7.51. The standard InChI is InChI=1S/C20H17F8N7O2/c1-9-3-11(32-33-15(9)12-7-35(2)34-16(12)20(26,27)28)6-30-18(36)31-10-4-13(19(23,24)25)17(29-5-10)37-8-14(21)22/h3-5,7,14H,6,8H2,1-2H3,(H2,30,31,36). The molecule has 0 bridgehead atoms. The van der Waals surface area contributed by atoms with Gasteiger partial charge < -0.3 is 15.4 Å². The number of anilines is 1. The average molecular weight is 539 g/mol. The predicted molar refractivity (Wildman–Crippen MR) is 111 cm³/mol. The Balaban J connectivity index is 1.69. The molecule has 2 N–H and O–H groups in total. The van der Waals surface area contributed by atoms with E-state index < -0.39 is 54.2 Å². The van der Waals surface area contributed by atoms with Crippen LogP contribution in [0.1, 0.15) is 22.5 Å². The Kier molecular flexibility index (Phi) is 7.83. The first kappa shape index (κ1) is 27.5. The van der Waals surface area contributed by atoms with E-state index in [2.05, 4.69) is 35.7 Å². The van der Waals surface area contributed by atoms with Gasteiger partial charge in [-0.05, 0) is 24.6 Å². The first-order chi connectivity index (χ1) is 17.1. The zero-order valence-corrected chi connectivity index (χ0v) is 18.9. The molecule has 0 fully saturated rings. The van der Waals surface area contributed by atoms with Crippen LogP contribution in [-0.2, 0) is 25.9 Å². The summed E-state index contributed by atoms with van der Waals surface area (Å²) in [4.78, 5) is 15.5. The van der Waals surface area contributed by atoms with Crippen LogP contribution in [0, 0.1) is 6.92 Å². The lowest BCUT2D eigenvalue weighted by Crippen LogP contribution is -2.29. The SMILES string of the molecule is Cc1cc(CNC(=O)Nc2cnc(OCC(F)F)c(C(F)(F)F)c2)nnc1-c1cn(C)nc1C(F)(F)F. The minimum absolute atomic E-state index is 0.0754. The van der Waals surface area contributed by atoms with Crippen molar-refractivity contribution in [3.05, 3.63) is 47.0 Å². The maximum atomic E-state index is 13.2. The Hall–Kier alpha value is -4.05. The highest BCUT2D eigenvalue weighted by Gasteiger charge is 2.38. The molecule has 3 aromatic rings. The van der Waals surface area contributed by atoms with Gasteiger partial charge in [0, 0.05) is 13.2 Å². The summed E-state index contributed by atoms with van der Waals surface area (Å²) in [5, 5.41) is 15.4. The highest BCUT2D eigenvalue weighted by molar-refractivity contribution is 5.89.